The Kier molecular flexibility index (Phi) is 11.1. The monoisotopic (exact) mass is 558 g/mol. The van der Waals surface area contributed by atoms with Crippen molar-refractivity contribution >= 4 is 51.5 Å². The van der Waals surface area contributed by atoms with Crippen LogP contribution in [-0.2, 0) is 0 Å². The average molecular weight is 559 g/mol. The van der Waals surface area contributed by atoms with E-state index in [0.29, 0.717) is 5.15 Å². The van der Waals surface area contributed by atoms with Gasteiger partial charge in [-0.25, -0.2) is 9.97 Å². The fourth-order valence-corrected chi connectivity index (χ4v) is 3.71. The van der Waals surface area contributed by atoms with Crippen molar-refractivity contribution < 1.29 is 0 Å². The quantitative estimate of drug-likeness (QED) is 0.120. The molecule has 0 radical (unpaired) electrons. The van der Waals surface area contributed by atoms with E-state index in [1.165, 1.54) is 0 Å². The van der Waals surface area contributed by atoms with Crippen molar-refractivity contribution in [2.45, 2.75) is 0 Å². The highest BCUT2D eigenvalue weighted by atomic mass is 35.5. The van der Waals surface area contributed by atoms with E-state index in [4.69, 9.17) is 17.3 Å². The standard InChI is InChI=1S/C17H15N3.C12H12N2.C5H4ClN/c1-2-8-14(9-3-1)19-15-10-4-5-11-16(15)20-17-12-6-7-13-18-17;13-11-8-4-5-9-12(11)14-10-6-2-1-3-7-10;6-5-3-1-2-4-7-5/h1-13,19H,(H,18,20);1-9,14H,13H2;1-4H. The third-order valence-electron chi connectivity index (χ3n) is 5.55. The van der Waals surface area contributed by atoms with Gasteiger partial charge >= 0.3 is 0 Å². The van der Waals surface area contributed by atoms with Crippen molar-refractivity contribution in [2.24, 2.45) is 0 Å². The van der Waals surface area contributed by atoms with Gasteiger partial charge in [-0.3, -0.25) is 0 Å². The smallest absolute Gasteiger partial charge is 0.130 e. The fourth-order valence-electron chi connectivity index (χ4n) is 3.58. The number of halogens is 1. The topological polar surface area (TPSA) is 87.9 Å². The molecule has 0 aliphatic carbocycles. The Hall–Kier alpha value is -5.33. The van der Waals surface area contributed by atoms with Crippen molar-refractivity contribution in [3.05, 3.63) is 163 Å². The molecule has 204 valence electrons. The van der Waals surface area contributed by atoms with Crippen LogP contribution in [0.3, 0.4) is 0 Å². The van der Waals surface area contributed by atoms with Crippen LogP contribution in [0.5, 0.6) is 0 Å². The van der Waals surface area contributed by atoms with Crippen LogP contribution in [-0.4, -0.2) is 9.97 Å². The van der Waals surface area contributed by atoms with Crippen molar-refractivity contribution in [3.63, 3.8) is 0 Å². The van der Waals surface area contributed by atoms with E-state index in [1.807, 2.05) is 140 Å². The SMILES string of the molecule is Clc1ccccn1.Nc1ccccc1Nc1ccccc1.c1ccc(Nc2ccccc2Nc2ccccn2)cc1. The Morgan fingerprint density at radius 3 is 1.39 bits per heavy atom. The molecule has 5 N–H and O–H groups in total. The average Bonchev–Trinajstić information content (AvgIpc) is 3.02. The largest absolute Gasteiger partial charge is 0.397 e. The zero-order chi connectivity index (χ0) is 28.5. The van der Waals surface area contributed by atoms with E-state index in [0.717, 1.165) is 39.9 Å². The maximum atomic E-state index is 5.81. The molecule has 0 bridgehead atoms. The number of nitrogen functional groups attached to an aromatic ring is 1. The molecule has 0 aliphatic heterocycles. The van der Waals surface area contributed by atoms with E-state index >= 15 is 0 Å². The highest BCUT2D eigenvalue weighted by Gasteiger charge is 2.03. The maximum absolute atomic E-state index is 5.81. The van der Waals surface area contributed by atoms with E-state index in [9.17, 15) is 0 Å². The second-order valence-corrected chi connectivity index (χ2v) is 8.99. The summed E-state index contributed by atoms with van der Waals surface area (Å²) in [6.07, 6.45) is 3.43. The molecule has 0 spiro atoms. The second kappa shape index (κ2) is 15.9. The van der Waals surface area contributed by atoms with Crippen molar-refractivity contribution in [2.75, 3.05) is 21.7 Å². The van der Waals surface area contributed by atoms with Gasteiger partial charge in [-0.15, -0.1) is 0 Å². The highest BCUT2D eigenvalue weighted by molar-refractivity contribution is 6.29. The predicted octanol–water partition coefficient (Wildman–Crippen LogP) is 9.32. The van der Waals surface area contributed by atoms with E-state index in [2.05, 4.69) is 25.9 Å². The van der Waals surface area contributed by atoms with Gasteiger partial charge in [0.1, 0.15) is 11.0 Å². The van der Waals surface area contributed by atoms with E-state index < -0.39 is 0 Å². The molecule has 6 aromatic rings. The van der Waals surface area contributed by atoms with Gasteiger partial charge in [-0.05, 0) is 72.8 Å². The van der Waals surface area contributed by atoms with Crippen molar-refractivity contribution in [3.8, 4) is 0 Å². The summed E-state index contributed by atoms with van der Waals surface area (Å²) in [5.41, 5.74) is 11.6. The molecule has 2 aromatic heterocycles. The molecule has 4 aromatic carbocycles. The number of nitrogens with one attached hydrogen (secondary N) is 3. The third-order valence-corrected chi connectivity index (χ3v) is 5.77. The van der Waals surface area contributed by atoms with Gasteiger partial charge in [0.05, 0.1) is 22.7 Å². The minimum Gasteiger partial charge on any atom is -0.397 e. The van der Waals surface area contributed by atoms with Gasteiger partial charge in [0.2, 0.25) is 0 Å². The third kappa shape index (κ3) is 10.1. The summed E-state index contributed by atoms with van der Waals surface area (Å²) in [4.78, 5) is 8.03. The number of benzene rings is 4. The number of hydrogen-bond donors (Lipinski definition) is 4. The van der Waals surface area contributed by atoms with Crippen LogP contribution in [0, 0.1) is 0 Å². The molecule has 7 heteroatoms. The van der Waals surface area contributed by atoms with Crippen LogP contribution in [0.25, 0.3) is 0 Å². The Balaban J connectivity index is 0.000000159. The van der Waals surface area contributed by atoms with Crippen LogP contribution >= 0.6 is 11.6 Å². The number of hydrogen-bond acceptors (Lipinski definition) is 6. The molecular weight excluding hydrogens is 528 g/mol. The summed E-state index contributed by atoms with van der Waals surface area (Å²) in [5, 5.41) is 10.5. The molecule has 0 aliphatic rings. The summed E-state index contributed by atoms with van der Waals surface area (Å²) in [5.74, 6) is 0.829. The first-order valence-electron chi connectivity index (χ1n) is 13.0. The maximum Gasteiger partial charge on any atom is 0.130 e. The number of para-hydroxylation sites is 6. The van der Waals surface area contributed by atoms with Gasteiger partial charge in [0, 0.05) is 23.8 Å². The lowest BCUT2D eigenvalue weighted by molar-refractivity contribution is 1.31. The molecule has 0 saturated heterocycles. The lowest BCUT2D eigenvalue weighted by Gasteiger charge is -2.13. The number of rotatable bonds is 6. The number of aromatic nitrogens is 2. The van der Waals surface area contributed by atoms with E-state index in [-0.39, 0.29) is 0 Å². The van der Waals surface area contributed by atoms with Crippen LogP contribution in [0.2, 0.25) is 5.15 Å². The number of anilines is 7. The molecule has 0 atom stereocenters. The first-order valence-corrected chi connectivity index (χ1v) is 13.4. The molecule has 6 rings (SSSR count). The van der Waals surface area contributed by atoms with E-state index in [1.54, 1.807) is 18.5 Å². The first-order chi connectivity index (χ1) is 20.2. The van der Waals surface area contributed by atoms with Gasteiger partial charge in [-0.1, -0.05) is 84.4 Å². The molecule has 0 fully saturated rings. The van der Waals surface area contributed by atoms with Crippen LogP contribution < -0.4 is 21.7 Å². The predicted molar refractivity (Wildman–Crippen MR) is 174 cm³/mol. The summed E-state index contributed by atoms with van der Waals surface area (Å²) in [6, 6.07) is 47.1. The Bertz CT molecular complexity index is 1510. The fraction of sp³-hybridized carbons (Fsp3) is 0. The van der Waals surface area contributed by atoms with Gasteiger partial charge in [-0.2, -0.15) is 0 Å². The molecule has 0 unspecified atom stereocenters. The van der Waals surface area contributed by atoms with Crippen LogP contribution in [0.4, 0.5) is 39.9 Å². The van der Waals surface area contributed by atoms with Crippen molar-refractivity contribution in [1.29, 1.82) is 0 Å². The van der Waals surface area contributed by atoms with Crippen LogP contribution in [0.1, 0.15) is 0 Å². The first kappa shape index (κ1) is 28.7. The minimum atomic E-state index is 0.544. The van der Waals surface area contributed by atoms with Gasteiger partial charge in [0.25, 0.3) is 0 Å². The lowest BCUT2D eigenvalue weighted by Crippen LogP contribution is -1.98. The Morgan fingerprint density at radius 1 is 0.439 bits per heavy atom. The summed E-state index contributed by atoms with van der Waals surface area (Å²) in [7, 11) is 0. The molecule has 0 amide bonds. The number of pyridine rings is 2. The summed E-state index contributed by atoms with van der Waals surface area (Å²) < 4.78 is 0. The molecule has 0 saturated carbocycles. The van der Waals surface area contributed by atoms with Gasteiger partial charge in [0.15, 0.2) is 0 Å². The highest BCUT2D eigenvalue weighted by Crippen LogP contribution is 2.27. The van der Waals surface area contributed by atoms with Crippen molar-refractivity contribution in [1.82, 2.24) is 9.97 Å². The summed E-state index contributed by atoms with van der Waals surface area (Å²) in [6.45, 7) is 0. The Labute approximate surface area is 245 Å². The minimum absolute atomic E-state index is 0.544. The van der Waals surface area contributed by atoms with Gasteiger partial charge < -0.3 is 21.7 Å². The second-order valence-electron chi connectivity index (χ2n) is 8.61. The molecule has 41 heavy (non-hydrogen) atoms. The lowest BCUT2D eigenvalue weighted by atomic mass is 10.2. The molecule has 2 heterocycles. The normalized spacial score (nSPS) is 9.68. The Morgan fingerprint density at radius 2 is 0.902 bits per heavy atom. The number of nitrogens with two attached hydrogens (primary N) is 1. The molecule has 6 nitrogen and oxygen atoms in total. The molecular formula is C34H31ClN6. The number of nitrogens with zero attached hydrogens (tertiary/aromatic N) is 2. The zero-order valence-electron chi connectivity index (χ0n) is 22.4. The zero-order valence-corrected chi connectivity index (χ0v) is 23.1. The van der Waals surface area contributed by atoms with Crippen LogP contribution in [0.15, 0.2) is 158 Å². The summed E-state index contributed by atoms with van der Waals surface area (Å²) >= 11 is 5.43.